The van der Waals surface area contributed by atoms with Gasteiger partial charge in [0.1, 0.15) is 6.61 Å². The van der Waals surface area contributed by atoms with Gasteiger partial charge in [0.2, 0.25) is 5.91 Å². The van der Waals surface area contributed by atoms with Crippen molar-refractivity contribution in [3.63, 3.8) is 0 Å². The number of carbonyl (C=O) groups excluding carboxylic acids is 1. The monoisotopic (exact) mass is 286 g/mol. The second kappa shape index (κ2) is 6.85. The van der Waals surface area contributed by atoms with Crippen LogP contribution in [0.3, 0.4) is 0 Å². The minimum absolute atomic E-state index is 0.102. The Morgan fingerprint density at radius 3 is 3.00 bits per heavy atom. The molecule has 0 spiro atoms. The van der Waals surface area contributed by atoms with Crippen LogP contribution in [0.5, 0.6) is 0 Å². The van der Waals surface area contributed by atoms with Crippen molar-refractivity contribution in [3.05, 3.63) is 46.5 Å². The van der Waals surface area contributed by atoms with E-state index in [1.54, 1.807) is 6.20 Å². The minimum atomic E-state index is -0.188. The van der Waals surface area contributed by atoms with Gasteiger partial charge in [0, 0.05) is 0 Å². The van der Waals surface area contributed by atoms with Crippen LogP contribution in [0.2, 0.25) is 0 Å². The third kappa shape index (κ3) is 3.92. The quantitative estimate of drug-likeness (QED) is 0.848. The number of aryl methyl sites for hydroxylation is 1. The summed E-state index contributed by atoms with van der Waals surface area (Å²) in [5.74, 6) is 5.19. The zero-order chi connectivity index (χ0) is 14.4. The van der Waals surface area contributed by atoms with Crippen molar-refractivity contribution >= 4 is 22.4 Å². The van der Waals surface area contributed by atoms with E-state index >= 15 is 0 Å². The number of thiazole rings is 1. The molecule has 2 aromatic rings. The summed E-state index contributed by atoms with van der Waals surface area (Å²) in [6, 6.07) is 7.79. The van der Waals surface area contributed by atoms with E-state index in [4.69, 9.17) is 5.11 Å². The van der Waals surface area contributed by atoms with Crippen LogP contribution in [-0.2, 0) is 11.2 Å². The molecule has 1 amide bonds. The van der Waals surface area contributed by atoms with Crippen molar-refractivity contribution in [2.75, 3.05) is 11.9 Å². The van der Waals surface area contributed by atoms with Gasteiger partial charge in [0.15, 0.2) is 5.13 Å². The second-order valence-corrected chi connectivity index (χ2v) is 5.17. The Balaban J connectivity index is 1.98. The maximum absolute atomic E-state index is 11.9. The molecule has 5 heteroatoms. The van der Waals surface area contributed by atoms with Crippen molar-refractivity contribution in [3.8, 4) is 11.8 Å². The highest BCUT2D eigenvalue weighted by Gasteiger charge is 2.08. The van der Waals surface area contributed by atoms with Crippen molar-refractivity contribution in [2.24, 2.45) is 0 Å². The molecule has 0 aliphatic rings. The lowest BCUT2D eigenvalue weighted by atomic mass is 10.1. The van der Waals surface area contributed by atoms with Gasteiger partial charge in [-0.05, 0) is 18.1 Å². The minimum Gasteiger partial charge on any atom is -0.384 e. The molecular weight excluding hydrogens is 272 g/mol. The number of hydrogen-bond donors (Lipinski definition) is 2. The molecule has 0 saturated heterocycles. The smallest absolute Gasteiger partial charge is 0.230 e. The van der Waals surface area contributed by atoms with Crippen molar-refractivity contribution in [1.29, 1.82) is 0 Å². The Morgan fingerprint density at radius 1 is 1.45 bits per heavy atom. The molecule has 0 saturated carbocycles. The third-order valence-corrected chi connectivity index (χ3v) is 3.48. The number of nitrogens with one attached hydrogen (secondary N) is 1. The zero-order valence-electron chi connectivity index (χ0n) is 11.0. The summed E-state index contributed by atoms with van der Waals surface area (Å²) in [5, 5.41) is 11.9. The fourth-order valence-electron chi connectivity index (χ4n) is 1.66. The topological polar surface area (TPSA) is 62.2 Å². The molecule has 0 bridgehead atoms. The number of anilines is 1. The fraction of sp³-hybridized carbons (Fsp3) is 0.200. The maximum atomic E-state index is 11.9. The van der Waals surface area contributed by atoms with E-state index in [2.05, 4.69) is 22.1 Å². The normalized spacial score (nSPS) is 9.70. The van der Waals surface area contributed by atoms with Crippen LogP contribution in [0.1, 0.15) is 16.0 Å². The van der Waals surface area contributed by atoms with Gasteiger partial charge >= 0.3 is 0 Å². The van der Waals surface area contributed by atoms with Gasteiger partial charge in [-0.3, -0.25) is 4.79 Å². The average molecular weight is 286 g/mol. The Hall–Kier alpha value is -2.16. The van der Waals surface area contributed by atoms with E-state index in [1.165, 1.54) is 11.3 Å². The van der Waals surface area contributed by atoms with Gasteiger partial charge in [0.25, 0.3) is 0 Å². The zero-order valence-corrected chi connectivity index (χ0v) is 11.8. The number of amides is 1. The predicted octanol–water partition coefficient (Wildman–Crippen LogP) is 1.98. The van der Waals surface area contributed by atoms with E-state index in [0.29, 0.717) is 16.4 Å². The number of nitrogens with zero attached hydrogens (tertiary/aromatic N) is 1. The Bertz CT molecular complexity index is 668. The summed E-state index contributed by atoms with van der Waals surface area (Å²) in [7, 11) is 0. The molecule has 0 atom stereocenters. The van der Waals surface area contributed by atoms with Gasteiger partial charge in [-0.1, -0.05) is 47.4 Å². The molecule has 2 rings (SSSR count). The van der Waals surface area contributed by atoms with Gasteiger partial charge in [-0.15, -0.1) is 0 Å². The van der Waals surface area contributed by atoms with E-state index in [9.17, 15) is 4.79 Å². The highest BCUT2D eigenvalue weighted by atomic mass is 32.1. The number of hydrogen-bond acceptors (Lipinski definition) is 4. The molecule has 2 N–H and O–H groups in total. The van der Waals surface area contributed by atoms with Crippen LogP contribution in [0.4, 0.5) is 5.13 Å². The largest absolute Gasteiger partial charge is 0.384 e. The Labute approximate surface area is 121 Å². The van der Waals surface area contributed by atoms with Gasteiger partial charge < -0.3 is 10.4 Å². The summed E-state index contributed by atoms with van der Waals surface area (Å²) >= 11 is 1.29. The number of aliphatic hydroxyl groups is 1. The molecule has 0 unspecified atom stereocenters. The van der Waals surface area contributed by atoms with Crippen LogP contribution < -0.4 is 5.32 Å². The summed E-state index contributed by atoms with van der Waals surface area (Å²) in [4.78, 5) is 16.7. The number of aromatic nitrogens is 1. The fourth-order valence-corrected chi connectivity index (χ4v) is 2.37. The summed E-state index contributed by atoms with van der Waals surface area (Å²) in [5.41, 5.74) is 2.10. The average Bonchev–Trinajstić information content (AvgIpc) is 2.86. The lowest BCUT2D eigenvalue weighted by Gasteiger charge is -2.04. The van der Waals surface area contributed by atoms with E-state index < -0.39 is 0 Å². The highest BCUT2D eigenvalue weighted by Crippen LogP contribution is 2.17. The molecule has 0 radical (unpaired) electrons. The molecule has 1 aromatic carbocycles. The molecule has 4 nitrogen and oxygen atoms in total. The second-order valence-electron chi connectivity index (χ2n) is 4.14. The molecule has 20 heavy (non-hydrogen) atoms. The lowest BCUT2D eigenvalue weighted by molar-refractivity contribution is -0.115. The van der Waals surface area contributed by atoms with E-state index in [-0.39, 0.29) is 12.5 Å². The van der Waals surface area contributed by atoms with Crippen molar-refractivity contribution < 1.29 is 9.90 Å². The summed E-state index contributed by atoms with van der Waals surface area (Å²) in [6.45, 7) is 1.79. The SMILES string of the molecule is Cc1ccccc1CC(=O)Nc1ncc(C#CCO)s1. The maximum Gasteiger partial charge on any atom is 0.230 e. The highest BCUT2D eigenvalue weighted by molar-refractivity contribution is 7.16. The first kappa shape index (κ1) is 14.3. The molecule has 0 fully saturated rings. The molecule has 0 aliphatic heterocycles. The predicted molar refractivity (Wildman–Crippen MR) is 79.6 cm³/mol. The van der Waals surface area contributed by atoms with Crippen LogP contribution in [0.25, 0.3) is 0 Å². The number of aliphatic hydroxyl groups excluding tert-OH is 1. The van der Waals surface area contributed by atoms with Gasteiger partial charge in [-0.25, -0.2) is 4.98 Å². The molecule has 1 aromatic heterocycles. The Morgan fingerprint density at radius 2 is 2.25 bits per heavy atom. The van der Waals surface area contributed by atoms with Crippen LogP contribution in [-0.4, -0.2) is 22.6 Å². The van der Waals surface area contributed by atoms with Crippen LogP contribution in [0.15, 0.2) is 30.5 Å². The summed E-state index contributed by atoms with van der Waals surface area (Å²) < 4.78 is 0. The van der Waals surface area contributed by atoms with Crippen LogP contribution >= 0.6 is 11.3 Å². The number of carbonyl (C=O) groups is 1. The molecular formula is C15H14N2O2S. The van der Waals surface area contributed by atoms with Crippen molar-refractivity contribution in [1.82, 2.24) is 4.98 Å². The number of rotatable bonds is 3. The van der Waals surface area contributed by atoms with Crippen molar-refractivity contribution in [2.45, 2.75) is 13.3 Å². The van der Waals surface area contributed by atoms with Crippen LogP contribution in [0, 0.1) is 18.8 Å². The van der Waals surface area contributed by atoms with E-state index in [0.717, 1.165) is 11.1 Å². The first-order valence-corrected chi connectivity index (χ1v) is 6.90. The molecule has 0 aliphatic carbocycles. The van der Waals surface area contributed by atoms with E-state index in [1.807, 2.05) is 31.2 Å². The third-order valence-electron chi connectivity index (χ3n) is 2.65. The lowest BCUT2D eigenvalue weighted by Crippen LogP contribution is -2.14. The standard InChI is InChI=1S/C15H14N2O2S/c1-11-5-2-3-6-12(11)9-14(19)17-15-16-10-13(20-15)7-4-8-18/h2-3,5-6,10,18H,8-9H2,1H3,(H,16,17,19). The molecule has 1 heterocycles. The first-order valence-electron chi connectivity index (χ1n) is 6.09. The van der Waals surface area contributed by atoms with Gasteiger partial charge in [-0.2, -0.15) is 0 Å². The number of benzene rings is 1. The Kier molecular flexibility index (Phi) is 4.88. The molecule has 102 valence electrons. The summed E-state index contributed by atoms with van der Waals surface area (Å²) in [6.07, 6.45) is 1.90. The first-order chi connectivity index (χ1) is 9.69. The van der Waals surface area contributed by atoms with Gasteiger partial charge in [0.05, 0.1) is 17.5 Å².